The molecule has 154 valence electrons. The van der Waals surface area contributed by atoms with E-state index in [9.17, 15) is 25.0 Å². The molecule has 1 aromatic carbocycles. The van der Waals surface area contributed by atoms with Crippen molar-refractivity contribution in [1.82, 2.24) is 20.6 Å². The molecule has 3 N–H and O–H groups in total. The number of hydrogen-bond acceptors (Lipinski definition) is 11. The van der Waals surface area contributed by atoms with Gasteiger partial charge < -0.3 is 9.84 Å². The Morgan fingerprint density at radius 2 is 1.87 bits per heavy atom. The van der Waals surface area contributed by atoms with Crippen LogP contribution in [0.15, 0.2) is 35.1 Å². The van der Waals surface area contributed by atoms with E-state index in [0.29, 0.717) is 5.76 Å². The van der Waals surface area contributed by atoms with E-state index in [0.717, 1.165) is 12.4 Å². The molecular weight excluding hydrogens is 424 g/mol. The van der Waals surface area contributed by atoms with Crippen LogP contribution in [0.1, 0.15) is 16.1 Å². The Bertz CT molecular complexity index is 1150. The lowest BCUT2D eigenvalue weighted by Gasteiger charge is -2.10. The largest absolute Gasteiger partial charge is 0.360 e. The summed E-state index contributed by atoms with van der Waals surface area (Å²) in [6.07, 6.45) is 1.02. The zero-order valence-corrected chi connectivity index (χ0v) is 15.7. The molecule has 0 aliphatic rings. The first-order chi connectivity index (χ1) is 14.3. The maximum absolute atomic E-state index is 12.3. The normalized spacial score (nSPS) is 10.3. The summed E-state index contributed by atoms with van der Waals surface area (Å²) in [6.45, 7) is 1.64. The second-order valence-corrected chi connectivity index (χ2v) is 6.03. The number of halogens is 1. The minimum atomic E-state index is -0.815. The number of nitro benzene ring substituents is 1. The average Bonchev–Trinajstić information content (AvgIpc) is 3.10. The number of aromatic nitrogens is 3. The minimum Gasteiger partial charge on any atom is -0.360 e. The fourth-order valence-corrected chi connectivity index (χ4v) is 2.45. The van der Waals surface area contributed by atoms with Gasteiger partial charge in [-0.15, -0.1) is 0 Å². The van der Waals surface area contributed by atoms with Crippen molar-refractivity contribution in [3.8, 4) is 0 Å². The van der Waals surface area contributed by atoms with Gasteiger partial charge in [0.15, 0.2) is 5.82 Å². The predicted molar refractivity (Wildman–Crippen MR) is 102 cm³/mol. The number of carbonyl (C=O) groups is 1. The summed E-state index contributed by atoms with van der Waals surface area (Å²) >= 11 is 5.71. The first kappa shape index (κ1) is 20.4. The van der Waals surface area contributed by atoms with Gasteiger partial charge in [0.25, 0.3) is 11.6 Å². The lowest BCUT2D eigenvalue weighted by Crippen LogP contribution is -2.30. The van der Waals surface area contributed by atoms with E-state index < -0.39 is 27.1 Å². The zero-order valence-electron chi connectivity index (χ0n) is 15.0. The third-order valence-corrected chi connectivity index (χ3v) is 3.90. The van der Waals surface area contributed by atoms with Crippen molar-refractivity contribution in [3.05, 3.63) is 67.2 Å². The summed E-state index contributed by atoms with van der Waals surface area (Å²) in [5.74, 6) is -0.712. The maximum Gasteiger partial charge on any atom is 0.355 e. The highest BCUT2D eigenvalue weighted by Crippen LogP contribution is 2.30. The third kappa shape index (κ3) is 4.39. The summed E-state index contributed by atoms with van der Waals surface area (Å²) in [5.41, 5.74) is 3.33. The fourth-order valence-electron chi connectivity index (χ4n) is 2.26. The van der Waals surface area contributed by atoms with E-state index in [1.54, 1.807) is 6.92 Å². The molecule has 14 nitrogen and oxygen atoms in total. The number of nitro groups is 2. The smallest absolute Gasteiger partial charge is 0.355 e. The van der Waals surface area contributed by atoms with Gasteiger partial charge in [-0.25, -0.2) is 9.97 Å². The van der Waals surface area contributed by atoms with Gasteiger partial charge in [-0.2, -0.15) is 0 Å². The van der Waals surface area contributed by atoms with Gasteiger partial charge in [-0.1, -0.05) is 16.8 Å². The van der Waals surface area contributed by atoms with Gasteiger partial charge in [-0.05, 0) is 19.1 Å². The van der Waals surface area contributed by atoms with Crippen molar-refractivity contribution in [2.24, 2.45) is 0 Å². The number of benzene rings is 1. The minimum absolute atomic E-state index is 0.105. The molecule has 0 aliphatic heterocycles. The molecule has 2 aromatic heterocycles. The molecule has 0 aliphatic carbocycles. The average molecular weight is 435 g/mol. The van der Waals surface area contributed by atoms with Gasteiger partial charge in [0, 0.05) is 17.7 Å². The highest BCUT2D eigenvalue weighted by Gasteiger charge is 2.25. The monoisotopic (exact) mass is 434 g/mol. The van der Waals surface area contributed by atoms with E-state index in [1.165, 1.54) is 18.2 Å². The van der Waals surface area contributed by atoms with Gasteiger partial charge in [-0.3, -0.25) is 35.9 Å². The molecule has 15 heteroatoms. The second-order valence-electron chi connectivity index (χ2n) is 5.63. The van der Waals surface area contributed by atoms with E-state index >= 15 is 0 Å². The number of nitrogens with one attached hydrogen (secondary N) is 3. The Labute approximate surface area is 171 Å². The summed E-state index contributed by atoms with van der Waals surface area (Å²) in [7, 11) is 0. The van der Waals surface area contributed by atoms with Crippen molar-refractivity contribution >= 4 is 46.3 Å². The van der Waals surface area contributed by atoms with Gasteiger partial charge in [0.1, 0.15) is 17.1 Å². The van der Waals surface area contributed by atoms with Gasteiger partial charge >= 0.3 is 5.69 Å². The molecule has 0 saturated carbocycles. The molecule has 0 radical (unpaired) electrons. The Hall–Kier alpha value is -4.33. The SMILES string of the molecule is Cc1cc(Nc2ncnc(NNC(=O)c3ccc(Cl)c([N+](=O)[O-])c3)c2[N+](=O)[O-])no1. The van der Waals surface area contributed by atoms with Crippen LogP contribution in [0.3, 0.4) is 0 Å². The lowest BCUT2D eigenvalue weighted by molar-refractivity contribution is -0.384. The number of aryl methyl sites for hydroxylation is 1. The van der Waals surface area contributed by atoms with Crippen molar-refractivity contribution in [2.45, 2.75) is 6.92 Å². The van der Waals surface area contributed by atoms with Crippen LogP contribution in [0.4, 0.5) is 28.8 Å². The first-order valence-corrected chi connectivity index (χ1v) is 8.34. The topological polar surface area (TPSA) is 191 Å². The number of carbonyl (C=O) groups excluding carboxylic acids is 1. The summed E-state index contributed by atoms with van der Waals surface area (Å²) in [4.78, 5) is 40.8. The molecule has 30 heavy (non-hydrogen) atoms. The number of nitrogens with zero attached hydrogens (tertiary/aromatic N) is 5. The maximum atomic E-state index is 12.3. The number of amides is 1. The molecule has 0 spiro atoms. The van der Waals surface area contributed by atoms with Crippen LogP contribution in [-0.4, -0.2) is 30.9 Å². The van der Waals surface area contributed by atoms with Crippen LogP contribution in [-0.2, 0) is 0 Å². The van der Waals surface area contributed by atoms with E-state index in [1.807, 2.05) is 0 Å². The molecule has 2 heterocycles. The van der Waals surface area contributed by atoms with E-state index in [4.69, 9.17) is 16.1 Å². The number of rotatable bonds is 7. The summed E-state index contributed by atoms with van der Waals surface area (Å²) in [6, 6.07) is 4.89. The summed E-state index contributed by atoms with van der Waals surface area (Å²) < 4.78 is 4.87. The number of hydrogen-bond donors (Lipinski definition) is 3. The molecule has 0 fully saturated rings. The van der Waals surface area contributed by atoms with Crippen LogP contribution in [0.25, 0.3) is 0 Å². The molecule has 1 amide bonds. The third-order valence-electron chi connectivity index (χ3n) is 3.58. The van der Waals surface area contributed by atoms with Gasteiger partial charge in [0.2, 0.25) is 11.6 Å². The van der Waals surface area contributed by atoms with Crippen LogP contribution >= 0.6 is 11.6 Å². The van der Waals surface area contributed by atoms with E-state index in [2.05, 4.69) is 31.3 Å². The number of anilines is 3. The molecule has 0 saturated heterocycles. The Balaban J connectivity index is 1.82. The van der Waals surface area contributed by atoms with Crippen LogP contribution in [0.2, 0.25) is 5.02 Å². The van der Waals surface area contributed by atoms with Crippen molar-refractivity contribution in [2.75, 3.05) is 10.7 Å². The second kappa shape index (κ2) is 8.36. The highest BCUT2D eigenvalue weighted by atomic mass is 35.5. The Kier molecular flexibility index (Phi) is 5.68. The van der Waals surface area contributed by atoms with Crippen LogP contribution in [0, 0.1) is 27.2 Å². The first-order valence-electron chi connectivity index (χ1n) is 7.96. The molecule has 0 bridgehead atoms. The van der Waals surface area contributed by atoms with Crippen molar-refractivity contribution < 1.29 is 19.2 Å². The Morgan fingerprint density at radius 1 is 1.13 bits per heavy atom. The number of hydrazine groups is 1. The van der Waals surface area contributed by atoms with Crippen molar-refractivity contribution in [1.29, 1.82) is 0 Å². The molecule has 0 unspecified atom stereocenters. The molecule has 3 rings (SSSR count). The summed E-state index contributed by atoms with van der Waals surface area (Å²) in [5, 5.41) is 28.6. The fraction of sp³-hybridized carbons (Fsp3) is 0.0667. The molecular formula is C15H11ClN8O6. The van der Waals surface area contributed by atoms with Crippen LogP contribution < -0.4 is 16.2 Å². The zero-order chi connectivity index (χ0) is 21.8. The molecule has 3 aromatic rings. The van der Waals surface area contributed by atoms with E-state index in [-0.39, 0.29) is 28.0 Å². The van der Waals surface area contributed by atoms with Crippen molar-refractivity contribution in [3.63, 3.8) is 0 Å². The standard InChI is InChI=1S/C15H11ClN8O6/c1-7-4-11(22-30-7)19-13-12(24(28)29)14(18-6-17-13)20-21-15(25)8-2-3-9(16)10(5-8)23(26)27/h2-6H,1H3,(H,21,25)(H2,17,18,19,20,22). The Morgan fingerprint density at radius 3 is 2.50 bits per heavy atom. The predicted octanol–water partition coefficient (Wildman–Crippen LogP) is 2.74. The lowest BCUT2D eigenvalue weighted by atomic mass is 10.2. The van der Waals surface area contributed by atoms with Gasteiger partial charge in [0.05, 0.1) is 9.85 Å². The quantitative estimate of drug-likeness (QED) is 0.365. The van der Waals surface area contributed by atoms with Crippen LogP contribution in [0.5, 0.6) is 0 Å². The highest BCUT2D eigenvalue weighted by molar-refractivity contribution is 6.32. The molecule has 0 atom stereocenters.